The Bertz CT molecular complexity index is 652. The molecule has 0 radical (unpaired) electrons. The summed E-state index contributed by atoms with van der Waals surface area (Å²) in [5, 5.41) is 12.7. The molecular weight excluding hydrogens is 298 g/mol. The van der Waals surface area contributed by atoms with Gasteiger partial charge < -0.3 is 19.1 Å². The molecule has 0 spiro atoms. The van der Waals surface area contributed by atoms with Gasteiger partial charge in [-0.25, -0.2) is 4.79 Å². The van der Waals surface area contributed by atoms with E-state index in [9.17, 15) is 4.79 Å². The lowest BCUT2D eigenvalue weighted by atomic mass is 10.1. The summed E-state index contributed by atoms with van der Waals surface area (Å²) >= 11 is 5.97. The molecule has 1 heterocycles. The van der Waals surface area contributed by atoms with Gasteiger partial charge in [-0.05, 0) is 12.1 Å². The molecule has 2 aromatic rings. The Hall–Kier alpha value is -2.47. The van der Waals surface area contributed by atoms with Crippen molar-refractivity contribution in [2.75, 3.05) is 7.11 Å². The van der Waals surface area contributed by atoms with E-state index in [1.54, 1.807) is 18.2 Å². The average Bonchev–Trinajstić information content (AvgIpc) is 2.96. The third kappa shape index (κ3) is 4.00. The Morgan fingerprint density at radius 3 is 2.95 bits per heavy atom. The molecule has 1 aromatic carbocycles. The minimum Gasteiger partial charge on any atom is -0.493 e. The lowest BCUT2D eigenvalue weighted by Crippen LogP contribution is -1.99. The van der Waals surface area contributed by atoms with E-state index in [0.29, 0.717) is 27.8 Å². The van der Waals surface area contributed by atoms with Crippen LogP contribution in [-0.2, 0) is 11.4 Å². The highest BCUT2D eigenvalue weighted by Gasteiger charge is 2.12. The number of hydrogen-bond acceptors (Lipinski definition) is 5. The van der Waals surface area contributed by atoms with Crippen LogP contribution in [0.25, 0.3) is 6.08 Å². The van der Waals surface area contributed by atoms with Gasteiger partial charge in [-0.15, -0.1) is 0 Å². The quantitative estimate of drug-likeness (QED) is 0.826. The predicted octanol–water partition coefficient (Wildman–Crippen LogP) is 3.01. The minimum atomic E-state index is -1.07. The Morgan fingerprint density at radius 1 is 1.52 bits per heavy atom. The van der Waals surface area contributed by atoms with E-state index in [2.05, 4.69) is 5.16 Å². The van der Waals surface area contributed by atoms with E-state index >= 15 is 0 Å². The number of hydrogen-bond donors (Lipinski definition) is 1. The van der Waals surface area contributed by atoms with Crippen LogP contribution in [0.1, 0.15) is 11.3 Å². The molecule has 0 atom stereocenters. The molecule has 0 saturated carbocycles. The van der Waals surface area contributed by atoms with Gasteiger partial charge in [-0.1, -0.05) is 16.8 Å². The van der Waals surface area contributed by atoms with Crippen molar-refractivity contribution in [1.82, 2.24) is 5.16 Å². The van der Waals surface area contributed by atoms with Crippen LogP contribution in [0.15, 0.2) is 35.0 Å². The monoisotopic (exact) mass is 309 g/mol. The molecule has 1 aromatic heterocycles. The van der Waals surface area contributed by atoms with Gasteiger partial charge in [-0.3, -0.25) is 0 Å². The van der Waals surface area contributed by atoms with Crippen LogP contribution >= 0.6 is 11.6 Å². The number of halogens is 1. The maximum atomic E-state index is 10.7. The molecule has 0 fully saturated rings. The molecule has 6 nitrogen and oxygen atoms in total. The highest BCUT2D eigenvalue weighted by molar-refractivity contribution is 6.31. The second-order valence-electron chi connectivity index (χ2n) is 3.97. The van der Waals surface area contributed by atoms with Crippen LogP contribution in [-0.4, -0.2) is 23.3 Å². The normalized spacial score (nSPS) is 10.8. The first-order valence-corrected chi connectivity index (χ1v) is 6.29. The molecule has 1 N–H and O–H groups in total. The number of ether oxygens (including phenoxy) is 2. The molecule has 0 unspecified atom stereocenters. The summed E-state index contributed by atoms with van der Waals surface area (Å²) in [5.74, 6) is 0.221. The van der Waals surface area contributed by atoms with E-state index in [-0.39, 0.29) is 6.61 Å². The first kappa shape index (κ1) is 14.9. The molecule has 0 aliphatic heterocycles. The van der Waals surface area contributed by atoms with Crippen LogP contribution in [0.2, 0.25) is 5.02 Å². The van der Waals surface area contributed by atoms with Crippen LogP contribution in [0.5, 0.6) is 11.5 Å². The van der Waals surface area contributed by atoms with E-state index in [1.165, 1.54) is 19.4 Å². The first-order chi connectivity index (χ1) is 10.1. The number of carboxylic acid groups (broad SMARTS) is 1. The van der Waals surface area contributed by atoms with E-state index in [4.69, 9.17) is 30.7 Å². The van der Waals surface area contributed by atoms with Gasteiger partial charge in [0.05, 0.1) is 13.3 Å². The van der Waals surface area contributed by atoms with Crippen molar-refractivity contribution in [3.05, 3.63) is 46.8 Å². The highest BCUT2D eigenvalue weighted by Crippen LogP contribution is 2.36. The molecule has 0 saturated heterocycles. The van der Waals surface area contributed by atoms with Crippen molar-refractivity contribution in [3.63, 3.8) is 0 Å². The molecule has 0 aliphatic carbocycles. The molecule has 7 heteroatoms. The number of aliphatic carboxylic acids is 1. The third-order valence-electron chi connectivity index (χ3n) is 2.52. The average molecular weight is 310 g/mol. The number of nitrogens with zero attached hydrogens (tertiary/aromatic N) is 1. The standard InChI is InChI=1S/C14H12ClNO5/c1-19-12-7-10(15)6-9(2-3-13(17)18)14(12)20-8-11-4-5-16-21-11/h2-7H,8H2,1H3,(H,17,18)/b3-2+. The van der Waals surface area contributed by atoms with Gasteiger partial charge in [0.15, 0.2) is 17.3 Å². The molecule has 110 valence electrons. The van der Waals surface area contributed by atoms with E-state index < -0.39 is 5.97 Å². The van der Waals surface area contributed by atoms with Gasteiger partial charge >= 0.3 is 5.97 Å². The summed E-state index contributed by atoms with van der Waals surface area (Å²) in [6, 6.07) is 4.82. The maximum absolute atomic E-state index is 10.7. The number of aromatic nitrogens is 1. The Kier molecular flexibility index (Phi) is 4.84. The smallest absolute Gasteiger partial charge is 0.328 e. The lowest BCUT2D eigenvalue weighted by Gasteiger charge is -2.13. The Labute approximate surface area is 125 Å². The second-order valence-corrected chi connectivity index (χ2v) is 4.40. The number of rotatable bonds is 6. The maximum Gasteiger partial charge on any atom is 0.328 e. The molecule has 2 rings (SSSR count). The predicted molar refractivity (Wildman–Crippen MR) is 75.5 cm³/mol. The topological polar surface area (TPSA) is 81.8 Å². The summed E-state index contributed by atoms with van der Waals surface area (Å²) < 4.78 is 15.8. The number of carboxylic acids is 1. The van der Waals surface area contributed by atoms with Crippen molar-refractivity contribution >= 4 is 23.6 Å². The van der Waals surface area contributed by atoms with Crippen LogP contribution in [0, 0.1) is 0 Å². The van der Waals surface area contributed by atoms with Crippen molar-refractivity contribution in [2.24, 2.45) is 0 Å². The number of carbonyl (C=O) groups is 1. The first-order valence-electron chi connectivity index (χ1n) is 5.91. The summed E-state index contributed by atoms with van der Waals surface area (Å²) in [4.78, 5) is 10.7. The summed E-state index contributed by atoms with van der Waals surface area (Å²) in [7, 11) is 1.47. The van der Waals surface area contributed by atoms with Crippen LogP contribution in [0.3, 0.4) is 0 Å². The molecular formula is C14H12ClNO5. The summed E-state index contributed by atoms with van der Waals surface area (Å²) in [6.07, 6.45) is 3.88. The van der Waals surface area contributed by atoms with Gasteiger partial charge in [0.2, 0.25) is 0 Å². The van der Waals surface area contributed by atoms with Crippen molar-refractivity contribution in [2.45, 2.75) is 6.61 Å². The zero-order valence-corrected chi connectivity index (χ0v) is 11.8. The van der Waals surface area contributed by atoms with Gasteiger partial charge in [0, 0.05) is 28.8 Å². The van der Waals surface area contributed by atoms with Crippen LogP contribution < -0.4 is 9.47 Å². The second kappa shape index (κ2) is 6.81. The Morgan fingerprint density at radius 2 is 2.33 bits per heavy atom. The third-order valence-corrected chi connectivity index (χ3v) is 2.74. The largest absolute Gasteiger partial charge is 0.493 e. The fourth-order valence-electron chi connectivity index (χ4n) is 1.64. The SMILES string of the molecule is COc1cc(Cl)cc(/C=C/C(=O)O)c1OCc1ccno1. The molecule has 0 aliphatic rings. The Balaban J connectivity index is 2.32. The van der Waals surface area contributed by atoms with Gasteiger partial charge in [-0.2, -0.15) is 0 Å². The zero-order chi connectivity index (χ0) is 15.2. The van der Waals surface area contributed by atoms with Crippen molar-refractivity contribution < 1.29 is 23.9 Å². The van der Waals surface area contributed by atoms with E-state index in [0.717, 1.165) is 6.08 Å². The lowest BCUT2D eigenvalue weighted by molar-refractivity contribution is -0.131. The van der Waals surface area contributed by atoms with Gasteiger partial charge in [0.25, 0.3) is 0 Å². The highest BCUT2D eigenvalue weighted by atomic mass is 35.5. The zero-order valence-electron chi connectivity index (χ0n) is 11.1. The number of methoxy groups -OCH3 is 1. The minimum absolute atomic E-state index is 0.131. The molecule has 0 amide bonds. The summed E-state index contributed by atoms with van der Waals surface area (Å²) in [5.41, 5.74) is 0.487. The summed E-state index contributed by atoms with van der Waals surface area (Å²) in [6.45, 7) is 0.131. The fourth-order valence-corrected chi connectivity index (χ4v) is 1.86. The fraction of sp³-hybridized carbons (Fsp3) is 0.143. The number of benzene rings is 1. The molecule has 21 heavy (non-hydrogen) atoms. The van der Waals surface area contributed by atoms with Crippen molar-refractivity contribution in [1.29, 1.82) is 0 Å². The van der Waals surface area contributed by atoms with Gasteiger partial charge in [0.1, 0.15) is 6.61 Å². The van der Waals surface area contributed by atoms with Crippen LogP contribution in [0.4, 0.5) is 0 Å². The molecule has 0 bridgehead atoms. The van der Waals surface area contributed by atoms with Crippen molar-refractivity contribution in [3.8, 4) is 11.5 Å². The van der Waals surface area contributed by atoms with E-state index in [1.807, 2.05) is 0 Å².